The third-order valence-corrected chi connectivity index (χ3v) is 2.40. The summed E-state index contributed by atoms with van der Waals surface area (Å²) in [7, 11) is 0. The van der Waals surface area contributed by atoms with Gasteiger partial charge < -0.3 is 5.11 Å². The number of nitrogens with zero attached hydrogens (tertiary/aromatic N) is 1. The normalized spacial score (nSPS) is 9.67. The van der Waals surface area contributed by atoms with Crippen molar-refractivity contribution in [3.05, 3.63) is 34.4 Å². The summed E-state index contributed by atoms with van der Waals surface area (Å²) in [5, 5.41) is 17.6. The first-order valence-corrected chi connectivity index (χ1v) is 4.82. The molecule has 0 atom stereocenters. The summed E-state index contributed by atoms with van der Waals surface area (Å²) < 4.78 is 0. The molecule has 1 rings (SSSR count). The summed E-state index contributed by atoms with van der Waals surface area (Å²) in [6.45, 7) is 3.79. The SMILES string of the molecule is CCc1cc(CC(=O)O)c(C)cc1C#N. The minimum atomic E-state index is -0.843. The smallest absolute Gasteiger partial charge is 0.307 e. The van der Waals surface area contributed by atoms with Crippen LogP contribution in [0.2, 0.25) is 0 Å². The molecule has 0 aliphatic rings. The summed E-state index contributed by atoms with van der Waals surface area (Å²) in [4.78, 5) is 10.6. The maximum Gasteiger partial charge on any atom is 0.307 e. The van der Waals surface area contributed by atoms with Gasteiger partial charge in [0.15, 0.2) is 0 Å². The molecule has 1 N–H and O–H groups in total. The van der Waals surface area contributed by atoms with Crippen molar-refractivity contribution in [1.82, 2.24) is 0 Å². The van der Waals surface area contributed by atoms with Crippen LogP contribution >= 0.6 is 0 Å². The van der Waals surface area contributed by atoms with Crippen molar-refractivity contribution >= 4 is 5.97 Å². The fraction of sp³-hybridized carbons (Fsp3) is 0.333. The topological polar surface area (TPSA) is 61.1 Å². The molecule has 0 aromatic heterocycles. The van der Waals surface area contributed by atoms with Crippen molar-refractivity contribution in [3.8, 4) is 6.07 Å². The van der Waals surface area contributed by atoms with Crippen LogP contribution in [0.5, 0.6) is 0 Å². The van der Waals surface area contributed by atoms with Gasteiger partial charge >= 0.3 is 5.97 Å². The van der Waals surface area contributed by atoms with Crippen molar-refractivity contribution in [2.75, 3.05) is 0 Å². The number of aryl methyl sites for hydroxylation is 2. The highest BCUT2D eigenvalue weighted by Crippen LogP contribution is 2.17. The molecule has 0 fully saturated rings. The van der Waals surface area contributed by atoms with E-state index in [2.05, 4.69) is 6.07 Å². The van der Waals surface area contributed by atoms with Crippen LogP contribution in [0.15, 0.2) is 12.1 Å². The van der Waals surface area contributed by atoms with Gasteiger partial charge in [0, 0.05) is 0 Å². The van der Waals surface area contributed by atoms with Crippen LogP contribution in [0.1, 0.15) is 29.2 Å². The fourth-order valence-corrected chi connectivity index (χ4v) is 1.55. The minimum absolute atomic E-state index is 0.0184. The van der Waals surface area contributed by atoms with Crippen LogP contribution in [-0.2, 0) is 17.6 Å². The van der Waals surface area contributed by atoms with Crippen molar-refractivity contribution in [3.63, 3.8) is 0 Å². The second kappa shape index (κ2) is 4.61. The quantitative estimate of drug-likeness (QED) is 0.817. The van der Waals surface area contributed by atoms with E-state index in [4.69, 9.17) is 10.4 Å². The number of rotatable bonds is 3. The predicted molar refractivity (Wildman–Crippen MR) is 56.6 cm³/mol. The molecular formula is C12H13NO2. The summed E-state index contributed by atoms with van der Waals surface area (Å²) in [6, 6.07) is 5.70. The summed E-state index contributed by atoms with van der Waals surface area (Å²) in [6.07, 6.45) is 0.764. The fourth-order valence-electron chi connectivity index (χ4n) is 1.55. The molecule has 0 spiro atoms. The highest BCUT2D eigenvalue weighted by molar-refractivity contribution is 5.71. The lowest BCUT2D eigenvalue weighted by Crippen LogP contribution is -2.04. The Morgan fingerprint density at radius 2 is 2.13 bits per heavy atom. The van der Waals surface area contributed by atoms with Crippen molar-refractivity contribution in [2.24, 2.45) is 0 Å². The Balaban J connectivity index is 3.21. The van der Waals surface area contributed by atoms with E-state index >= 15 is 0 Å². The number of carboxylic acid groups (broad SMARTS) is 1. The van der Waals surface area contributed by atoms with Gasteiger partial charge in [0.05, 0.1) is 18.1 Å². The molecule has 0 saturated heterocycles. The lowest BCUT2D eigenvalue weighted by molar-refractivity contribution is -0.136. The molecule has 3 heteroatoms. The van der Waals surface area contributed by atoms with Gasteiger partial charge in [0.2, 0.25) is 0 Å². The second-order valence-electron chi connectivity index (χ2n) is 3.47. The van der Waals surface area contributed by atoms with Gasteiger partial charge in [-0.1, -0.05) is 13.0 Å². The van der Waals surface area contributed by atoms with E-state index in [0.29, 0.717) is 5.56 Å². The molecule has 78 valence electrons. The van der Waals surface area contributed by atoms with Gasteiger partial charge in [0.1, 0.15) is 0 Å². The second-order valence-corrected chi connectivity index (χ2v) is 3.47. The van der Waals surface area contributed by atoms with Crippen molar-refractivity contribution in [1.29, 1.82) is 5.26 Å². The average Bonchev–Trinajstić information content (AvgIpc) is 2.19. The number of nitriles is 1. The number of carbonyl (C=O) groups is 1. The number of hydrogen-bond donors (Lipinski definition) is 1. The van der Waals surface area contributed by atoms with E-state index in [-0.39, 0.29) is 6.42 Å². The lowest BCUT2D eigenvalue weighted by atomic mass is 9.96. The van der Waals surface area contributed by atoms with Gasteiger partial charge in [-0.3, -0.25) is 4.79 Å². The Morgan fingerprint density at radius 1 is 1.47 bits per heavy atom. The largest absolute Gasteiger partial charge is 0.481 e. The van der Waals surface area contributed by atoms with E-state index in [0.717, 1.165) is 23.1 Å². The first kappa shape index (κ1) is 11.3. The van der Waals surface area contributed by atoms with E-state index in [1.54, 1.807) is 6.07 Å². The third-order valence-electron chi connectivity index (χ3n) is 2.40. The highest BCUT2D eigenvalue weighted by Gasteiger charge is 2.08. The zero-order valence-electron chi connectivity index (χ0n) is 8.87. The van der Waals surface area contributed by atoms with Crippen LogP contribution in [0, 0.1) is 18.3 Å². The van der Waals surface area contributed by atoms with E-state index in [9.17, 15) is 4.79 Å². The molecule has 1 aromatic carbocycles. The first-order chi connectivity index (χ1) is 7.08. The molecule has 0 aliphatic carbocycles. The molecule has 0 bridgehead atoms. The number of aliphatic carboxylic acids is 1. The molecule has 0 radical (unpaired) electrons. The minimum Gasteiger partial charge on any atom is -0.481 e. The summed E-state index contributed by atoms with van der Waals surface area (Å²) >= 11 is 0. The lowest BCUT2D eigenvalue weighted by Gasteiger charge is -2.07. The maximum atomic E-state index is 10.6. The Labute approximate surface area is 89.0 Å². The first-order valence-electron chi connectivity index (χ1n) is 4.82. The van der Waals surface area contributed by atoms with Crippen LogP contribution in [0.3, 0.4) is 0 Å². The average molecular weight is 203 g/mol. The monoisotopic (exact) mass is 203 g/mol. The molecule has 0 aliphatic heterocycles. The van der Waals surface area contributed by atoms with E-state index in [1.165, 1.54) is 0 Å². The van der Waals surface area contributed by atoms with Crippen LogP contribution in [0.4, 0.5) is 0 Å². The molecule has 0 heterocycles. The molecule has 3 nitrogen and oxygen atoms in total. The zero-order valence-corrected chi connectivity index (χ0v) is 8.87. The van der Waals surface area contributed by atoms with Crippen molar-refractivity contribution in [2.45, 2.75) is 26.7 Å². The van der Waals surface area contributed by atoms with Gasteiger partial charge in [-0.2, -0.15) is 5.26 Å². The Morgan fingerprint density at radius 3 is 2.60 bits per heavy atom. The molecule has 15 heavy (non-hydrogen) atoms. The summed E-state index contributed by atoms with van der Waals surface area (Å²) in [5.41, 5.74) is 3.22. The van der Waals surface area contributed by atoms with E-state index < -0.39 is 5.97 Å². The molecule has 1 aromatic rings. The van der Waals surface area contributed by atoms with Gasteiger partial charge in [0.25, 0.3) is 0 Å². The number of hydrogen-bond acceptors (Lipinski definition) is 2. The highest BCUT2D eigenvalue weighted by atomic mass is 16.4. The summed E-state index contributed by atoms with van der Waals surface area (Å²) in [5.74, 6) is -0.843. The standard InChI is InChI=1S/C12H13NO2/c1-3-9-5-10(6-12(14)15)8(2)4-11(9)7-13/h4-5H,3,6H2,1-2H3,(H,14,15). The molecule has 0 saturated carbocycles. The molecule has 0 amide bonds. The molecule has 0 unspecified atom stereocenters. The van der Waals surface area contributed by atoms with Crippen LogP contribution in [-0.4, -0.2) is 11.1 Å². The van der Waals surface area contributed by atoms with E-state index in [1.807, 2.05) is 19.9 Å². The predicted octanol–water partition coefficient (Wildman–Crippen LogP) is 2.06. The van der Waals surface area contributed by atoms with Gasteiger partial charge in [-0.25, -0.2) is 0 Å². The van der Waals surface area contributed by atoms with Crippen LogP contribution < -0.4 is 0 Å². The number of carboxylic acids is 1. The third kappa shape index (κ3) is 2.57. The zero-order chi connectivity index (χ0) is 11.4. The Kier molecular flexibility index (Phi) is 3.46. The Bertz CT molecular complexity index is 430. The van der Waals surface area contributed by atoms with Crippen LogP contribution in [0.25, 0.3) is 0 Å². The number of benzene rings is 1. The molecular weight excluding hydrogens is 190 g/mol. The van der Waals surface area contributed by atoms with Gasteiger partial charge in [-0.15, -0.1) is 0 Å². The maximum absolute atomic E-state index is 10.6. The van der Waals surface area contributed by atoms with Crippen molar-refractivity contribution < 1.29 is 9.90 Å². The van der Waals surface area contributed by atoms with Gasteiger partial charge in [-0.05, 0) is 36.1 Å². The Hall–Kier alpha value is -1.82.